The molecule has 0 aromatic heterocycles. The summed E-state index contributed by atoms with van der Waals surface area (Å²) >= 11 is 0. The highest BCUT2D eigenvalue weighted by Gasteiger charge is 2.31. The first kappa shape index (κ1) is 18.9. The molecule has 0 saturated carbocycles. The number of benzene rings is 2. The number of nitrogens with zero attached hydrogens (tertiary/aromatic N) is 2. The number of rotatable bonds is 5. The number of anilines is 1. The first-order valence-corrected chi connectivity index (χ1v) is 9.46. The molecule has 8 heteroatoms. The summed E-state index contributed by atoms with van der Waals surface area (Å²) in [4.78, 5) is 18.5. The monoisotopic (exact) mass is 396 g/mol. The molecule has 1 amide bonds. The maximum Gasteiger partial charge on any atom is 0.231 e. The molecule has 2 aromatic rings. The summed E-state index contributed by atoms with van der Waals surface area (Å²) in [7, 11) is 3.33. The van der Waals surface area contributed by atoms with Crippen LogP contribution in [-0.2, 0) is 11.3 Å². The van der Waals surface area contributed by atoms with Crippen LogP contribution in [-0.4, -0.2) is 45.4 Å². The van der Waals surface area contributed by atoms with E-state index in [0.29, 0.717) is 25.5 Å². The Morgan fingerprint density at radius 1 is 1.24 bits per heavy atom. The van der Waals surface area contributed by atoms with Crippen molar-refractivity contribution in [1.29, 1.82) is 0 Å². The van der Waals surface area contributed by atoms with Crippen LogP contribution in [0.15, 0.2) is 47.5 Å². The first-order valence-electron chi connectivity index (χ1n) is 9.46. The van der Waals surface area contributed by atoms with E-state index in [1.165, 1.54) is 0 Å². The summed E-state index contributed by atoms with van der Waals surface area (Å²) < 4.78 is 16.0. The summed E-state index contributed by atoms with van der Waals surface area (Å²) in [5.74, 6) is 2.96. The molecular formula is C21H24N4O4. The first-order chi connectivity index (χ1) is 14.2. The zero-order valence-corrected chi connectivity index (χ0v) is 16.5. The summed E-state index contributed by atoms with van der Waals surface area (Å²) in [5.41, 5.74) is 1.89. The quantitative estimate of drug-likeness (QED) is 0.593. The van der Waals surface area contributed by atoms with Crippen molar-refractivity contribution in [2.45, 2.75) is 19.0 Å². The SMILES string of the molecule is CN=C(NCc1ccc2c(c1)OCO2)NC1CC(=O)N(c2cccc(OC)c2)C1. The molecule has 152 valence electrons. The van der Waals surface area contributed by atoms with Gasteiger partial charge < -0.3 is 29.7 Å². The lowest BCUT2D eigenvalue weighted by molar-refractivity contribution is -0.117. The molecule has 2 N–H and O–H groups in total. The Bertz CT molecular complexity index is 931. The number of guanidine groups is 1. The molecular weight excluding hydrogens is 372 g/mol. The van der Waals surface area contributed by atoms with E-state index in [0.717, 1.165) is 28.5 Å². The highest BCUT2D eigenvalue weighted by Crippen LogP contribution is 2.32. The van der Waals surface area contributed by atoms with E-state index in [9.17, 15) is 4.79 Å². The van der Waals surface area contributed by atoms with Gasteiger partial charge in [0.15, 0.2) is 17.5 Å². The minimum Gasteiger partial charge on any atom is -0.497 e. The topological polar surface area (TPSA) is 84.4 Å². The van der Waals surface area contributed by atoms with Crippen LogP contribution in [0.2, 0.25) is 0 Å². The summed E-state index contributed by atoms with van der Waals surface area (Å²) in [6.45, 7) is 1.40. The molecule has 0 bridgehead atoms. The number of carbonyl (C=O) groups excluding carboxylic acids is 1. The van der Waals surface area contributed by atoms with Crippen molar-refractivity contribution in [2.24, 2.45) is 4.99 Å². The van der Waals surface area contributed by atoms with E-state index < -0.39 is 0 Å². The minimum absolute atomic E-state index is 0.0309. The zero-order chi connectivity index (χ0) is 20.2. The van der Waals surface area contributed by atoms with Gasteiger partial charge in [0.1, 0.15) is 5.75 Å². The van der Waals surface area contributed by atoms with Gasteiger partial charge in [0.25, 0.3) is 0 Å². The maximum absolute atomic E-state index is 12.5. The Kier molecular flexibility index (Phi) is 5.41. The smallest absolute Gasteiger partial charge is 0.231 e. The predicted molar refractivity (Wildman–Crippen MR) is 110 cm³/mol. The van der Waals surface area contributed by atoms with Crippen molar-refractivity contribution < 1.29 is 19.0 Å². The van der Waals surface area contributed by atoms with E-state index >= 15 is 0 Å². The number of hydrogen-bond donors (Lipinski definition) is 2. The second-order valence-corrected chi connectivity index (χ2v) is 6.86. The Morgan fingerprint density at radius 3 is 2.93 bits per heavy atom. The van der Waals surface area contributed by atoms with Crippen LogP contribution < -0.4 is 29.7 Å². The van der Waals surface area contributed by atoms with Crippen molar-refractivity contribution >= 4 is 17.6 Å². The fourth-order valence-corrected chi connectivity index (χ4v) is 3.46. The second kappa shape index (κ2) is 8.30. The van der Waals surface area contributed by atoms with Crippen molar-refractivity contribution in [3.8, 4) is 17.2 Å². The van der Waals surface area contributed by atoms with Crippen LogP contribution in [0, 0.1) is 0 Å². The normalized spacial score (nSPS) is 18.1. The van der Waals surface area contributed by atoms with Gasteiger partial charge in [-0.05, 0) is 29.8 Å². The molecule has 0 radical (unpaired) electrons. The zero-order valence-electron chi connectivity index (χ0n) is 16.5. The van der Waals surface area contributed by atoms with Crippen LogP contribution in [0.1, 0.15) is 12.0 Å². The molecule has 1 atom stereocenters. The molecule has 29 heavy (non-hydrogen) atoms. The van der Waals surface area contributed by atoms with Gasteiger partial charge in [0.05, 0.1) is 13.2 Å². The van der Waals surface area contributed by atoms with Gasteiger partial charge in [0, 0.05) is 38.3 Å². The van der Waals surface area contributed by atoms with E-state index in [1.54, 1.807) is 19.1 Å². The standard InChI is InChI=1S/C21H24N4O4/c1-22-21(23-11-14-6-7-18-19(8-14)29-13-28-18)24-15-9-20(26)25(12-15)16-4-3-5-17(10-16)27-2/h3-8,10,15H,9,11-13H2,1-2H3,(H2,22,23,24). The van der Waals surface area contributed by atoms with Crippen LogP contribution >= 0.6 is 0 Å². The lowest BCUT2D eigenvalue weighted by atomic mass is 10.2. The molecule has 0 spiro atoms. The van der Waals surface area contributed by atoms with Gasteiger partial charge in [-0.15, -0.1) is 0 Å². The molecule has 2 heterocycles. The van der Waals surface area contributed by atoms with Crippen molar-refractivity contribution in [1.82, 2.24) is 10.6 Å². The van der Waals surface area contributed by atoms with Gasteiger partial charge >= 0.3 is 0 Å². The van der Waals surface area contributed by atoms with E-state index in [4.69, 9.17) is 14.2 Å². The number of carbonyl (C=O) groups is 1. The van der Waals surface area contributed by atoms with Gasteiger partial charge in [-0.25, -0.2) is 0 Å². The fraction of sp³-hybridized carbons (Fsp3) is 0.333. The molecule has 8 nitrogen and oxygen atoms in total. The Balaban J connectivity index is 1.34. The van der Waals surface area contributed by atoms with E-state index in [-0.39, 0.29) is 18.7 Å². The highest BCUT2D eigenvalue weighted by molar-refractivity contribution is 5.97. The van der Waals surface area contributed by atoms with E-state index in [1.807, 2.05) is 42.5 Å². The third-order valence-electron chi connectivity index (χ3n) is 4.95. The second-order valence-electron chi connectivity index (χ2n) is 6.86. The van der Waals surface area contributed by atoms with Gasteiger partial charge in [-0.3, -0.25) is 9.79 Å². The van der Waals surface area contributed by atoms with Gasteiger partial charge in [-0.1, -0.05) is 12.1 Å². The van der Waals surface area contributed by atoms with Gasteiger partial charge in [0.2, 0.25) is 12.7 Å². The lowest BCUT2D eigenvalue weighted by Gasteiger charge is -2.19. The summed E-state index contributed by atoms with van der Waals surface area (Å²) in [6.07, 6.45) is 0.405. The average Bonchev–Trinajstić information content (AvgIpc) is 3.36. The van der Waals surface area contributed by atoms with Gasteiger partial charge in [-0.2, -0.15) is 0 Å². The Hall–Kier alpha value is -3.42. The van der Waals surface area contributed by atoms with Crippen LogP contribution in [0.4, 0.5) is 5.69 Å². The van der Waals surface area contributed by atoms with Crippen LogP contribution in [0.25, 0.3) is 0 Å². The molecule has 4 rings (SSSR count). The van der Waals surface area contributed by atoms with Crippen molar-refractivity contribution in [3.63, 3.8) is 0 Å². The number of fused-ring (bicyclic) bond motifs is 1. The number of methoxy groups -OCH3 is 1. The number of nitrogens with one attached hydrogen (secondary N) is 2. The number of ether oxygens (including phenoxy) is 3. The Labute approximate surface area is 169 Å². The summed E-state index contributed by atoms with van der Waals surface area (Å²) in [6, 6.07) is 13.3. The maximum atomic E-state index is 12.5. The third kappa shape index (κ3) is 4.21. The highest BCUT2D eigenvalue weighted by atomic mass is 16.7. The third-order valence-corrected chi connectivity index (χ3v) is 4.95. The molecule has 2 aromatic carbocycles. The fourth-order valence-electron chi connectivity index (χ4n) is 3.46. The molecule has 2 aliphatic rings. The minimum atomic E-state index is -0.0309. The molecule has 1 unspecified atom stereocenters. The van der Waals surface area contributed by atoms with Crippen LogP contribution in [0.5, 0.6) is 17.2 Å². The van der Waals surface area contributed by atoms with Crippen molar-refractivity contribution in [3.05, 3.63) is 48.0 Å². The number of hydrogen-bond acceptors (Lipinski definition) is 5. The predicted octanol–water partition coefficient (Wildman–Crippen LogP) is 1.89. The Morgan fingerprint density at radius 2 is 2.10 bits per heavy atom. The largest absolute Gasteiger partial charge is 0.497 e. The molecule has 1 saturated heterocycles. The average molecular weight is 396 g/mol. The van der Waals surface area contributed by atoms with Crippen LogP contribution in [0.3, 0.4) is 0 Å². The number of amides is 1. The molecule has 0 aliphatic carbocycles. The van der Waals surface area contributed by atoms with E-state index in [2.05, 4.69) is 15.6 Å². The van der Waals surface area contributed by atoms with Crippen molar-refractivity contribution in [2.75, 3.05) is 32.4 Å². The molecule has 1 fully saturated rings. The summed E-state index contributed by atoms with van der Waals surface area (Å²) in [5, 5.41) is 6.62. The molecule has 2 aliphatic heterocycles. The number of aliphatic imine (C=N–C) groups is 1. The lowest BCUT2D eigenvalue weighted by Crippen LogP contribution is -2.44.